The van der Waals surface area contributed by atoms with Crippen LogP contribution in [-0.2, 0) is 4.79 Å². The number of aromatic amines is 1. The molecule has 0 atom stereocenters. The number of halogens is 1. The largest absolute Gasteiger partial charge is 0.382 e. The van der Waals surface area contributed by atoms with Crippen molar-refractivity contribution in [2.45, 2.75) is 38.5 Å². The number of rotatable bonds is 4. The molecule has 3 aromatic heterocycles. The van der Waals surface area contributed by atoms with E-state index in [0.29, 0.717) is 22.3 Å². The van der Waals surface area contributed by atoms with E-state index in [1.807, 2.05) is 28.8 Å². The van der Waals surface area contributed by atoms with Gasteiger partial charge in [-0.2, -0.15) is 5.10 Å². The summed E-state index contributed by atoms with van der Waals surface area (Å²) in [6.07, 6.45) is 5.54. The monoisotopic (exact) mass is 437 g/mol. The number of imidazole rings is 1. The topological polar surface area (TPSA) is 114 Å². The number of para-hydroxylation sites is 1. The molecule has 1 saturated carbocycles. The van der Waals surface area contributed by atoms with Crippen LogP contribution in [0.3, 0.4) is 0 Å². The van der Waals surface area contributed by atoms with E-state index < -0.39 is 0 Å². The molecular weight excluding hydrogens is 414 g/mol. The van der Waals surface area contributed by atoms with Gasteiger partial charge in [-0.25, -0.2) is 14.5 Å². The number of amides is 1. The molecule has 5 rings (SSSR count). The maximum absolute atomic E-state index is 11.2. The van der Waals surface area contributed by atoms with Gasteiger partial charge in [0, 0.05) is 24.8 Å². The first-order valence-electron chi connectivity index (χ1n) is 10.5. The molecule has 0 bridgehead atoms. The van der Waals surface area contributed by atoms with E-state index in [-0.39, 0.29) is 11.8 Å². The van der Waals surface area contributed by atoms with Crippen LogP contribution in [-0.4, -0.2) is 37.0 Å². The Morgan fingerprint density at radius 3 is 2.87 bits per heavy atom. The minimum Gasteiger partial charge on any atom is -0.382 e. The number of nitrogens with one attached hydrogen (secondary N) is 2. The van der Waals surface area contributed by atoms with Crippen molar-refractivity contribution in [2.24, 2.45) is 5.92 Å². The average Bonchev–Trinajstić information content (AvgIpc) is 3.36. The molecule has 8 nitrogen and oxygen atoms in total. The Labute approximate surface area is 184 Å². The molecule has 3 heterocycles. The number of carbonyl (C=O) groups excluding carboxylic acids is 1. The molecule has 9 heteroatoms. The molecule has 0 radical (unpaired) electrons. The summed E-state index contributed by atoms with van der Waals surface area (Å²) in [7, 11) is 0. The van der Waals surface area contributed by atoms with Crippen LogP contribution in [0, 0.1) is 5.92 Å². The fourth-order valence-corrected chi connectivity index (χ4v) is 4.82. The van der Waals surface area contributed by atoms with Crippen molar-refractivity contribution < 1.29 is 4.79 Å². The quantitative estimate of drug-likeness (QED) is 0.447. The van der Waals surface area contributed by atoms with E-state index in [4.69, 9.17) is 22.3 Å². The smallest absolute Gasteiger partial charge is 0.216 e. The molecule has 1 aliphatic carbocycles. The number of aromatic nitrogens is 5. The molecule has 160 valence electrons. The molecule has 31 heavy (non-hydrogen) atoms. The lowest BCUT2D eigenvalue weighted by atomic mass is 9.81. The lowest BCUT2D eigenvalue weighted by Crippen LogP contribution is -2.29. The zero-order valence-corrected chi connectivity index (χ0v) is 18.0. The summed E-state index contributed by atoms with van der Waals surface area (Å²) in [5.74, 6) is 2.10. The number of fused-ring (bicyclic) bond motifs is 2. The number of anilines is 1. The van der Waals surface area contributed by atoms with Crippen LogP contribution in [0.15, 0.2) is 30.6 Å². The van der Waals surface area contributed by atoms with Crippen molar-refractivity contribution in [1.29, 1.82) is 0 Å². The second kappa shape index (κ2) is 7.85. The zero-order chi connectivity index (χ0) is 21.5. The first-order valence-corrected chi connectivity index (χ1v) is 10.9. The molecule has 1 fully saturated rings. The summed E-state index contributed by atoms with van der Waals surface area (Å²) in [5.41, 5.74) is 9.42. The zero-order valence-electron chi connectivity index (χ0n) is 17.2. The minimum absolute atomic E-state index is 0.0247. The lowest BCUT2D eigenvalue weighted by Gasteiger charge is -2.27. The van der Waals surface area contributed by atoms with Crippen molar-refractivity contribution in [3.8, 4) is 11.4 Å². The number of nitrogens with two attached hydrogens (primary N) is 1. The van der Waals surface area contributed by atoms with Gasteiger partial charge in [-0.3, -0.25) is 4.79 Å². The summed E-state index contributed by atoms with van der Waals surface area (Å²) in [4.78, 5) is 23.8. The molecule has 1 aromatic carbocycles. The molecule has 0 spiro atoms. The molecule has 4 aromatic rings. The third-order valence-electron chi connectivity index (χ3n) is 6.20. The number of nitrogens with zero attached hydrogens (tertiary/aromatic N) is 4. The van der Waals surface area contributed by atoms with Crippen LogP contribution < -0.4 is 11.1 Å². The number of nitrogen functional groups attached to an aromatic ring is 1. The van der Waals surface area contributed by atoms with Gasteiger partial charge in [-0.1, -0.05) is 23.7 Å². The van der Waals surface area contributed by atoms with Gasteiger partial charge < -0.3 is 16.0 Å². The predicted octanol–water partition coefficient (Wildman–Crippen LogP) is 3.92. The van der Waals surface area contributed by atoms with E-state index in [9.17, 15) is 4.79 Å². The molecule has 1 aliphatic rings. The predicted molar refractivity (Wildman–Crippen MR) is 121 cm³/mol. The van der Waals surface area contributed by atoms with E-state index in [2.05, 4.69) is 20.4 Å². The van der Waals surface area contributed by atoms with Gasteiger partial charge in [0.05, 0.1) is 16.2 Å². The number of hydrogen-bond donors (Lipinski definition) is 3. The maximum atomic E-state index is 11.2. The van der Waals surface area contributed by atoms with Gasteiger partial charge in [0.25, 0.3) is 0 Å². The second-order valence-corrected chi connectivity index (χ2v) is 8.67. The Morgan fingerprint density at radius 2 is 2.13 bits per heavy atom. The SMILES string of the molecule is CC(=O)NC[C@H]1CC[C@H](c2nc(-c3cc4cccc(Cl)c4[nH]3)c3c(N)ncnn32)CC1. The van der Waals surface area contributed by atoms with Crippen molar-refractivity contribution in [3.63, 3.8) is 0 Å². The van der Waals surface area contributed by atoms with Crippen LogP contribution in [0.1, 0.15) is 44.3 Å². The van der Waals surface area contributed by atoms with Gasteiger partial charge >= 0.3 is 0 Å². The van der Waals surface area contributed by atoms with E-state index >= 15 is 0 Å². The summed E-state index contributed by atoms with van der Waals surface area (Å²) >= 11 is 6.36. The van der Waals surface area contributed by atoms with Crippen LogP contribution >= 0.6 is 11.6 Å². The Morgan fingerprint density at radius 1 is 1.32 bits per heavy atom. The summed E-state index contributed by atoms with van der Waals surface area (Å²) in [5, 5.41) is 9.09. The Bertz CT molecular complexity index is 1270. The molecule has 0 saturated heterocycles. The molecule has 1 amide bonds. The van der Waals surface area contributed by atoms with Gasteiger partial charge in [-0.15, -0.1) is 0 Å². The third kappa shape index (κ3) is 3.61. The normalized spacial score (nSPS) is 19.2. The number of carbonyl (C=O) groups is 1. The Balaban J connectivity index is 1.51. The van der Waals surface area contributed by atoms with Crippen molar-refractivity contribution in [2.75, 3.05) is 12.3 Å². The number of benzene rings is 1. The van der Waals surface area contributed by atoms with Crippen LogP contribution in [0.2, 0.25) is 5.02 Å². The highest BCUT2D eigenvalue weighted by Gasteiger charge is 2.28. The summed E-state index contributed by atoms with van der Waals surface area (Å²) < 4.78 is 1.84. The standard InChI is InChI=1S/C22H24ClN7O/c1-12(31)25-10-13-5-7-14(8-6-13)22-29-19(20-21(24)26-11-27-30(20)22)17-9-15-3-2-4-16(23)18(15)28-17/h2-4,9,11,13-14,28H,5-8,10H2,1H3,(H,25,31)(H2,24,26,27)/t13-,14-. The third-order valence-corrected chi connectivity index (χ3v) is 6.51. The first kappa shape index (κ1) is 19.8. The van der Waals surface area contributed by atoms with Gasteiger partial charge in [0.1, 0.15) is 23.4 Å². The molecular formula is C22H24ClN7O. The van der Waals surface area contributed by atoms with Crippen molar-refractivity contribution in [1.82, 2.24) is 29.9 Å². The van der Waals surface area contributed by atoms with Crippen molar-refractivity contribution >= 4 is 39.7 Å². The van der Waals surface area contributed by atoms with Gasteiger partial charge in [-0.05, 0) is 43.7 Å². The molecule has 0 aliphatic heterocycles. The average molecular weight is 438 g/mol. The summed E-state index contributed by atoms with van der Waals surface area (Å²) in [6, 6.07) is 7.83. The maximum Gasteiger partial charge on any atom is 0.216 e. The van der Waals surface area contributed by atoms with E-state index in [0.717, 1.165) is 60.3 Å². The van der Waals surface area contributed by atoms with E-state index in [1.165, 1.54) is 6.33 Å². The molecule has 4 N–H and O–H groups in total. The number of H-pyrrole nitrogens is 1. The van der Waals surface area contributed by atoms with Crippen LogP contribution in [0.5, 0.6) is 0 Å². The van der Waals surface area contributed by atoms with Crippen LogP contribution in [0.25, 0.3) is 27.8 Å². The highest BCUT2D eigenvalue weighted by Crippen LogP contribution is 2.38. The number of hydrogen-bond acceptors (Lipinski definition) is 5. The second-order valence-electron chi connectivity index (χ2n) is 8.27. The Kier molecular flexibility index (Phi) is 5.02. The molecule has 0 unspecified atom stereocenters. The van der Waals surface area contributed by atoms with E-state index in [1.54, 1.807) is 6.92 Å². The van der Waals surface area contributed by atoms with Gasteiger partial charge in [0.15, 0.2) is 5.82 Å². The summed E-state index contributed by atoms with van der Waals surface area (Å²) in [6.45, 7) is 2.30. The highest BCUT2D eigenvalue weighted by atomic mass is 35.5. The Hall–Kier alpha value is -3.13. The minimum atomic E-state index is 0.0247. The fourth-order valence-electron chi connectivity index (χ4n) is 4.59. The lowest BCUT2D eigenvalue weighted by molar-refractivity contribution is -0.119. The van der Waals surface area contributed by atoms with Gasteiger partial charge in [0.2, 0.25) is 5.91 Å². The first-order chi connectivity index (χ1) is 15.0. The van der Waals surface area contributed by atoms with Crippen LogP contribution in [0.4, 0.5) is 5.82 Å². The highest BCUT2D eigenvalue weighted by molar-refractivity contribution is 6.35. The fraction of sp³-hybridized carbons (Fsp3) is 0.364. The van der Waals surface area contributed by atoms with Crippen molar-refractivity contribution in [3.05, 3.63) is 41.4 Å².